The van der Waals surface area contributed by atoms with Crippen molar-refractivity contribution in [3.63, 3.8) is 0 Å². The van der Waals surface area contributed by atoms with Crippen molar-refractivity contribution in [2.24, 2.45) is 0 Å². The number of anilines is 2. The predicted molar refractivity (Wildman–Crippen MR) is 66.9 cm³/mol. The van der Waals surface area contributed by atoms with E-state index in [2.05, 4.69) is 10.6 Å². The van der Waals surface area contributed by atoms with Crippen LogP contribution in [-0.2, 0) is 9.59 Å². The summed E-state index contributed by atoms with van der Waals surface area (Å²) in [6.45, 7) is 0. The van der Waals surface area contributed by atoms with Crippen LogP contribution in [0.4, 0.5) is 11.4 Å². The van der Waals surface area contributed by atoms with Crippen LogP contribution in [0, 0.1) is 0 Å². The third kappa shape index (κ3) is 2.04. The van der Waals surface area contributed by atoms with E-state index in [0.717, 1.165) is 0 Å². The van der Waals surface area contributed by atoms with Gasteiger partial charge in [0.1, 0.15) is 5.92 Å². The second-order valence-corrected chi connectivity index (χ2v) is 4.04. The van der Waals surface area contributed by atoms with Crippen molar-refractivity contribution in [3.05, 3.63) is 23.8 Å². The number of benzene rings is 1. The van der Waals surface area contributed by atoms with Crippen molar-refractivity contribution < 1.29 is 9.59 Å². The van der Waals surface area contributed by atoms with Crippen molar-refractivity contribution in [2.45, 2.75) is 5.92 Å². The number of nitrogen functional groups attached to an aromatic ring is 2. The van der Waals surface area contributed by atoms with Gasteiger partial charge < -0.3 is 22.1 Å². The summed E-state index contributed by atoms with van der Waals surface area (Å²) >= 11 is 4.70. The Balaban J connectivity index is 2.45. The number of hydrogen-bond donors (Lipinski definition) is 4. The molecule has 1 saturated heterocycles. The summed E-state index contributed by atoms with van der Waals surface area (Å²) in [6.07, 6.45) is 0. The Morgan fingerprint density at radius 1 is 1.12 bits per heavy atom. The number of hydrogen-bond acceptors (Lipinski definition) is 5. The SMILES string of the molecule is Nc1ccc(N)c(C2C(=O)NC(=S)NC2=O)c1. The van der Waals surface area contributed by atoms with Gasteiger partial charge in [-0.25, -0.2) is 0 Å². The molecule has 6 nitrogen and oxygen atoms in total. The highest BCUT2D eigenvalue weighted by atomic mass is 32.1. The van der Waals surface area contributed by atoms with Crippen LogP contribution in [0.2, 0.25) is 0 Å². The van der Waals surface area contributed by atoms with Gasteiger partial charge in [0.25, 0.3) is 0 Å². The molecule has 0 atom stereocenters. The normalized spacial score (nSPS) is 16.6. The van der Waals surface area contributed by atoms with Crippen LogP contribution >= 0.6 is 12.2 Å². The lowest BCUT2D eigenvalue weighted by Crippen LogP contribution is -2.54. The molecule has 0 aliphatic carbocycles. The van der Waals surface area contributed by atoms with Gasteiger partial charge in [-0.15, -0.1) is 0 Å². The first-order valence-electron chi connectivity index (χ1n) is 4.79. The molecule has 1 aromatic rings. The quantitative estimate of drug-likeness (QED) is 0.304. The van der Waals surface area contributed by atoms with E-state index in [1.165, 1.54) is 6.07 Å². The van der Waals surface area contributed by atoms with E-state index in [0.29, 0.717) is 16.9 Å². The van der Waals surface area contributed by atoms with Gasteiger partial charge in [-0.2, -0.15) is 0 Å². The Bertz CT molecular complexity index is 509. The topological polar surface area (TPSA) is 110 Å². The van der Waals surface area contributed by atoms with E-state index in [1.807, 2.05) is 0 Å². The van der Waals surface area contributed by atoms with Gasteiger partial charge in [-0.05, 0) is 36.0 Å². The molecule has 0 aromatic heterocycles. The second kappa shape index (κ2) is 4.02. The second-order valence-electron chi connectivity index (χ2n) is 3.63. The van der Waals surface area contributed by atoms with Crippen molar-refractivity contribution in [1.82, 2.24) is 10.6 Å². The molecule has 1 aromatic carbocycles. The maximum absolute atomic E-state index is 11.7. The Labute approximate surface area is 102 Å². The Kier molecular flexibility index (Phi) is 2.68. The predicted octanol–water partition coefficient (Wildman–Crippen LogP) is -0.534. The fraction of sp³-hybridized carbons (Fsp3) is 0.100. The summed E-state index contributed by atoms with van der Waals surface area (Å²) in [6, 6.07) is 4.66. The highest BCUT2D eigenvalue weighted by molar-refractivity contribution is 7.80. The number of rotatable bonds is 1. The summed E-state index contributed by atoms with van der Waals surface area (Å²) in [7, 11) is 0. The van der Waals surface area contributed by atoms with Crippen LogP contribution in [0.3, 0.4) is 0 Å². The standard InChI is InChI=1S/C10H10N4O2S/c11-4-1-2-6(12)5(3-4)7-8(15)13-10(17)14-9(7)16/h1-3,7H,11-12H2,(H2,13,14,15,16,17). The molecule has 7 heteroatoms. The summed E-state index contributed by atoms with van der Waals surface area (Å²) in [5.41, 5.74) is 12.5. The maximum atomic E-state index is 11.7. The number of nitrogens with one attached hydrogen (secondary N) is 2. The van der Waals surface area contributed by atoms with Crippen LogP contribution in [-0.4, -0.2) is 16.9 Å². The van der Waals surface area contributed by atoms with Crippen LogP contribution in [0.25, 0.3) is 0 Å². The molecule has 88 valence electrons. The summed E-state index contributed by atoms with van der Waals surface area (Å²) in [5.74, 6) is -2.03. The minimum absolute atomic E-state index is 0.00118. The zero-order valence-corrected chi connectivity index (χ0v) is 9.51. The average Bonchev–Trinajstić information content (AvgIpc) is 2.21. The third-order valence-electron chi connectivity index (χ3n) is 2.42. The number of amides is 2. The first-order valence-corrected chi connectivity index (χ1v) is 5.20. The largest absolute Gasteiger partial charge is 0.399 e. The van der Waals surface area contributed by atoms with E-state index in [4.69, 9.17) is 23.7 Å². The van der Waals surface area contributed by atoms with Crippen molar-refractivity contribution >= 4 is 40.5 Å². The van der Waals surface area contributed by atoms with Crippen LogP contribution in [0.1, 0.15) is 11.5 Å². The Morgan fingerprint density at radius 2 is 1.71 bits per heavy atom. The number of carbonyl (C=O) groups is 2. The molecule has 1 heterocycles. The molecular weight excluding hydrogens is 240 g/mol. The van der Waals surface area contributed by atoms with Crippen molar-refractivity contribution in [1.29, 1.82) is 0 Å². The molecule has 1 aliphatic rings. The fourth-order valence-electron chi connectivity index (χ4n) is 1.64. The molecule has 2 rings (SSSR count). The Morgan fingerprint density at radius 3 is 2.29 bits per heavy atom. The lowest BCUT2D eigenvalue weighted by Gasteiger charge is -2.23. The first-order chi connectivity index (χ1) is 7.99. The lowest BCUT2D eigenvalue weighted by molar-refractivity contribution is -0.131. The van der Waals surface area contributed by atoms with Crippen LogP contribution in [0.5, 0.6) is 0 Å². The number of carbonyl (C=O) groups excluding carboxylic acids is 2. The van der Waals surface area contributed by atoms with Gasteiger partial charge in [0, 0.05) is 11.4 Å². The van der Waals surface area contributed by atoms with E-state index in [-0.39, 0.29) is 5.11 Å². The minimum Gasteiger partial charge on any atom is -0.399 e. The molecule has 0 bridgehead atoms. The number of nitrogens with two attached hydrogens (primary N) is 2. The monoisotopic (exact) mass is 250 g/mol. The molecule has 1 fully saturated rings. The molecule has 1 aliphatic heterocycles. The lowest BCUT2D eigenvalue weighted by atomic mass is 9.94. The van der Waals surface area contributed by atoms with Gasteiger partial charge in [0.05, 0.1) is 0 Å². The van der Waals surface area contributed by atoms with Gasteiger partial charge in [-0.1, -0.05) is 0 Å². The average molecular weight is 250 g/mol. The zero-order chi connectivity index (χ0) is 12.6. The van der Waals surface area contributed by atoms with Crippen LogP contribution in [0.15, 0.2) is 18.2 Å². The maximum Gasteiger partial charge on any atom is 0.243 e. The van der Waals surface area contributed by atoms with E-state index >= 15 is 0 Å². The molecular formula is C10H10N4O2S. The summed E-state index contributed by atoms with van der Waals surface area (Å²) < 4.78 is 0. The fourth-order valence-corrected chi connectivity index (χ4v) is 1.85. The molecule has 0 radical (unpaired) electrons. The highest BCUT2D eigenvalue weighted by Crippen LogP contribution is 2.26. The Hall–Kier alpha value is -2.15. The molecule has 0 unspecified atom stereocenters. The summed E-state index contributed by atoms with van der Waals surface area (Å²) in [5, 5.41) is 4.74. The number of thiocarbonyl (C=S) groups is 1. The molecule has 0 saturated carbocycles. The van der Waals surface area contributed by atoms with E-state index in [9.17, 15) is 9.59 Å². The van der Waals surface area contributed by atoms with E-state index in [1.54, 1.807) is 12.1 Å². The molecule has 17 heavy (non-hydrogen) atoms. The third-order valence-corrected chi connectivity index (χ3v) is 2.62. The van der Waals surface area contributed by atoms with Crippen molar-refractivity contribution in [3.8, 4) is 0 Å². The van der Waals surface area contributed by atoms with Gasteiger partial charge >= 0.3 is 0 Å². The minimum atomic E-state index is -1.02. The van der Waals surface area contributed by atoms with E-state index < -0.39 is 17.7 Å². The van der Waals surface area contributed by atoms with Gasteiger partial charge in [0.15, 0.2) is 5.11 Å². The summed E-state index contributed by atoms with van der Waals surface area (Å²) in [4.78, 5) is 23.4. The highest BCUT2D eigenvalue weighted by Gasteiger charge is 2.35. The smallest absolute Gasteiger partial charge is 0.243 e. The van der Waals surface area contributed by atoms with Gasteiger partial charge in [-0.3, -0.25) is 9.59 Å². The molecule has 0 spiro atoms. The zero-order valence-electron chi connectivity index (χ0n) is 8.69. The van der Waals surface area contributed by atoms with Crippen molar-refractivity contribution in [2.75, 3.05) is 11.5 Å². The molecule has 2 amide bonds. The van der Waals surface area contributed by atoms with Crippen LogP contribution < -0.4 is 22.1 Å². The van der Waals surface area contributed by atoms with Gasteiger partial charge in [0.2, 0.25) is 11.8 Å². The molecule has 6 N–H and O–H groups in total. The first kappa shape index (κ1) is 11.3.